The Bertz CT molecular complexity index is 421. The largest absolute Gasteiger partial charge is 0.348 e. The summed E-state index contributed by atoms with van der Waals surface area (Å²) < 4.78 is 0. The van der Waals surface area contributed by atoms with Gasteiger partial charge in [0.2, 0.25) is 5.91 Å². The normalized spacial score (nSPS) is 13.4. The number of hydrogen-bond donors (Lipinski definition) is 2. The van der Waals surface area contributed by atoms with Crippen LogP contribution < -0.4 is 10.6 Å². The summed E-state index contributed by atoms with van der Waals surface area (Å²) in [6, 6.07) is 8.46. The molecule has 0 spiro atoms. The van der Waals surface area contributed by atoms with Crippen molar-refractivity contribution in [1.82, 2.24) is 10.6 Å². The van der Waals surface area contributed by atoms with Gasteiger partial charge in [-0.25, -0.2) is 0 Å². The second kappa shape index (κ2) is 6.20. The van der Waals surface area contributed by atoms with Crippen LogP contribution in [0, 0.1) is 0 Å². The van der Waals surface area contributed by atoms with Crippen molar-refractivity contribution in [2.45, 2.75) is 52.1 Å². The molecule has 1 amide bonds. The van der Waals surface area contributed by atoms with Gasteiger partial charge in [0.15, 0.2) is 0 Å². The van der Waals surface area contributed by atoms with E-state index in [2.05, 4.69) is 48.7 Å². The molecule has 0 aromatic heterocycles. The first-order chi connectivity index (χ1) is 8.77. The van der Waals surface area contributed by atoms with Crippen molar-refractivity contribution in [3.05, 3.63) is 35.4 Å². The van der Waals surface area contributed by atoms with Crippen LogP contribution in [0.3, 0.4) is 0 Å². The van der Waals surface area contributed by atoms with Crippen LogP contribution in [0.25, 0.3) is 0 Å². The average Bonchev–Trinajstić information content (AvgIpc) is 2.38. The van der Waals surface area contributed by atoms with Crippen molar-refractivity contribution >= 4 is 5.91 Å². The Labute approximate surface area is 116 Å². The van der Waals surface area contributed by atoms with E-state index in [0.717, 1.165) is 5.56 Å². The maximum absolute atomic E-state index is 12.1. The van der Waals surface area contributed by atoms with Gasteiger partial charge in [-0.1, -0.05) is 38.1 Å². The molecule has 2 N–H and O–H groups in total. The number of amides is 1. The first-order valence-corrected chi connectivity index (χ1v) is 6.87. The highest BCUT2D eigenvalue weighted by Gasteiger charge is 2.26. The van der Waals surface area contributed by atoms with Gasteiger partial charge in [-0.2, -0.15) is 0 Å². The molecule has 0 radical (unpaired) electrons. The second-order valence-electron chi connectivity index (χ2n) is 5.89. The van der Waals surface area contributed by atoms with E-state index in [1.807, 2.05) is 20.8 Å². The van der Waals surface area contributed by atoms with Crippen molar-refractivity contribution in [2.75, 3.05) is 7.05 Å². The van der Waals surface area contributed by atoms with E-state index in [1.54, 1.807) is 7.05 Å². The summed E-state index contributed by atoms with van der Waals surface area (Å²) in [4.78, 5) is 12.1. The topological polar surface area (TPSA) is 41.1 Å². The molecule has 1 unspecified atom stereocenters. The number of nitrogens with one attached hydrogen (secondary N) is 2. The van der Waals surface area contributed by atoms with E-state index in [4.69, 9.17) is 0 Å². The fourth-order valence-corrected chi connectivity index (χ4v) is 1.74. The Hall–Kier alpha value is -1.35. The van der Waals surface area contributed by atoms with Crippen molar-refractivity contribution in [2.24, 2.45) is 0 Å². The lowest BCUT2D eigenvalue weighted by Crippen LogP contribution is -2.51. The molecule has 3 heteroatoms. The molecule has 1 atom stereocenters. The Kier molecular flexibility index (Phi) is 5.12. The van der Waals surface area contributed by atoms with Crippen molar-refractivity contribution in [3.63, 3.8) is 0 Å². The zero-order valence-electron chi connectivity index (χ0n) is 12.9. The molecule has 1 aromatic rings. The van der Waals surface area contributed by atoms with E-state index in [1.165, 1.54) is 5.56 Å². The minimum absolute atomic E-state index is 0.00966. The average molecular weight is 262 g/mol. The number of carbonyl (C=O) groups is 1. The lowest BCUT2D eigenvalue weighted by Gasteiger charge is -2.25. The van der Waals surface area contributed by atoms with Gasteiger partial charge in [0.05, 0.1) is 11.6 Å². The Morgan fingerprint density at radius 3 is 1.95 bits per heavy atom. The van der Waals surface area contributed by atoms with Gasteiger partial charge in [-0.3, -0.25) is 4.79 Å². The third kappa shape index (κ3) is 4.06. The van der Waals surface area contributed by atoms with Crippen LogP contribution >= 0.6 is 0 Å². The first kappa shape index (κ1) is 15.7. The molecule has 3 nitrogen and oxygen atoms in total. The molecule has 0 bridgehead atoms. The Balaban J connectivity index is 2.73. The van der Waals surface area contributed by atoms with E-state index < -0.39 is 5.54 Å². The number of rotatable bonds is 5. The molecule has 0 fully saturated rings. The fraction of sp³-hybridized carbons (Fsp3) is 0.562. The Morgan fingerprint density at radius 2 is 1.53 bits per heavy atom. The second-order valence-corrected chi connectivity index (χ2v) is 5.89. The fourth-order valence-electron chi connectivity index (χ4n) is 1.74. The molecule has 0 aliphatic carbocycles. The summed E-state index contributed by atoms with van der Waals surface area (Å²) in [6.45, 7) is 10.1. The molecule has 0 aliphatic rings. The smallest absolute Gasteiger partial charge is 0.240 e. The maximum Gasteiger partial charge on any atom is 0.240 e. The van der Waals surface area contributed by atoms with E-state index in [0.29, 0.717) is 5.92 Å². The lowest BCUT2D eigenvalue weighted by atomic mass is 9.98. The summed E-state index contributed by atoms with van der Waals surface area (Å²) in [6.07, 6.45) is 0. The molecular formula is C16H26N2O. The molecule has 0 heterocycles. The molecule has 1 rings (SSSR count). The summed E-state index contributed by atoms with van der Waals surface area (Å²) in [5, 5.41) is 6.04. The SMILES string of the molecule is CNC(C)(C)C(=O)NC(C)c1ccc(C(C)C)cc1. The summed E-state index contributed by atoms with van der Waals surface area (Å²) in [5.41, 5.74) is 1.90. The number of benzene rings is 1. The quantitative estimate of drug-likeness (QED) is 0.856. The summed E-state index contributed by atoms with van der Waals surface area (Å²) >= 11 is 0. The third-order valence-corrected chi connectivity index (χ3v) is 3.64. The van der Waals surface area contributed by atoms with Gasteiger partial charge in [-0.15, -0.1) is 0 Å². The molecule has 0 aliphatic heterocycles. The zero-order chi connectivity index (χ0) is 14.6. The highest BCUT2D eigenvalue weighted by atomic mass is 16.2. The highest BCUT2D eigenvalue weighted by molar-refractivity contribution is 5.85. The van der Waals surface area contributed by atoms with Gasteiger partial charge in [0, 0.05) is 0 Å². The number of carbonyl (C=O) groups excluding carboxylic acids is 1. The van der Waals surface area contributed by atoms with Crippen LogP contribution in [-0.4, -0.2) is 18.5 Å². The predicted molar refractivity (Wildman–Crippen MR) is 80.2 cm³/mol. The monoisotopic (exact) mass is 262 g/mol. The van der Waals surface area contributed by atoms with Gasteiger partial charge in [-0.05, 0) is 44.9 Å². The van der Waals surface area contributed by atoms with Crippen molar-refractivity contribution < 1.29 is 4.79 Å². The van der Waals surface area contributed by atoms with Crippen molar-refractivity contribution in [1.29, 1.82) is 0 Å². The third-order valence-electron chi connectivity index (χ3n) is 3.64. The van der Waals surface area contributed by atoms with Crippen LogP contribution in [0.1, 0.15) is 57.7 Å². The Morgan fingerprint density at radius 1 is 1.05 bits per heavy atom. The molecular weight excluding hydrogens is 236 g/mol. The van der Waals surface area contributed by atoms with Crippen LogP contribution in [-0.2, 0) is 4.79 Å². The molecule has 19 heavy (non-hydrogen) atoms. The molecule has 0 saturated carbocycles. The zero-order valence-corrected chi connectivity index (χ0v) is 12.9. The molecule has 106 valence electrons. The molecule has 1 aromatic carbocycles. The lowest BCUT2D eigenvalue weighted by molar-refractivity contribution is -0.126. The van der Waals surface area contributed by atoms with E-state index >= 15 is 0 Å². The summed E-state index contributed by atoms with van der Waals surface area (Å²) in [5.74, 6) is 0.539. The van der Waals surface area contributed by atoms with E-state index in [9.17, 15) is 4.79 Å². The minimum Gasteiger partial charge on any atom is -0.348 e. The van der Waals surface area contributed by atoms with Gasteiger partial charge >= 0.3 is 0 Å². The number of hydrogen-bond acceptors (Lipinski definition) is 2. The van der Waals surface area contributed by atoms with Crippen LogP contribution in [0.5, 0.6) is 0 Å². The predicted octanol–water partition coefficient (Wildman–Crippen LogP) is 2.99. The van der Waals surface area contributed by atoms with Gasteiger partial charge in [0.1, 0.15) is 0 Å². The number of likely N-dealkylation sites (N-methyl/N-ethyl adjacent to an activating group) is 1. The standard InChI is InChI=1S/C16H26N2O/c1-11(2)13-7-9-14(10-8-13)12(3)18-15(19)16(4,5)17-6/h7-12,17H,1-6H3,(H,18,19). The van der Waals surface area contributed by atoms with Crippen LogP contribution in [0.15, 0.2) is 24.3 Å². The first-order valence-electron chi connectivity index (χ1n) is 6.87. The summed E-state index contributed by atoms with van der Waals surface area (Å²) in [7, 11) is 1.79. The van der Waals surface area contributed by atoms with Gasteiger partial charge in [0.25, 0.3) is 0 Å². The maximum atomic E-state index is 12.1. The van der Waals surface area contributed by atoms with Crippen LogP contribution in [0.4, 0.5) is 0 Å². The minimum atomic E-state index is -0.549. The highest BCUT2D eigenvalue weighted by Crippen LogP contribution is 2.19. The van der Waals surface area contributed by atoms with Gasteiger partial charge < -0.3 is 10.6 Å². The van der Waals surface area contributed by atoms with Crippen molar-refractivity contribution in [3.8, 4) is 0 Å². The van der Waals surface area contributed by atoms with E-state index in [-0.39, 0.29) is 11.9 Å². The molecule has 0 saturated heterocycles. The van der Waals surface area contributed by atoms with Crippen LogP contribution in [0.2, 0.25) is 0 Å².